The van der Waals surface area contributed by atoms with Gasteiger partial charge in [-0.3, -0.25) is 9.35 Å². The first-order valence-electron chi connectivity index (χ1n) is 8.77. The molecule has 0 aliphatic heterocycles. The summed E-state index contributed by atoms with van der Waals surface area (Å²) in [7, 11) is -4.02. The van der Waals surface area contributed by atoms with Crippen LogP contribution < -0.4 is 4.74 Å². The molecule has 0 saturated heterocycles. The van der Waals surface area contributed by atoms with Crippen molar-refractivity contribution in [2.45, 2.75) is 45.4 Å². The van der Waals surface area contributed by atoms with Gasteiger partial charge < -0.3 is 4.74 Å². The summed E-state index contributed by atoms with van der Waals surface area (Å²) < 4.78 is 35.9. The average Bonchev–Trinajstić information content (AvgIpc) is 3.16. The predicted octanol–water partition coefficient (Wildman–Crippen LogP) is 3.94. The van der Waals surface area contributed by atoms with Gasteiger partial charge in [0.2, 0.25) is 0 Å². The minimum absolute atomic E-state index is 0. The third-order valence-electron chi connectivity index (χ3n) is 5.62. The summed E-state index contributed by atoms with van der Waals surface area (Å²) in [6, 6.07) is 1.75. The van der Waals surface area contributed by atoms with Crippen LogP contribution in [0.2, 0.25) is 10.0 Å². The van der Waals surface area contributed by atoms with Gasteiger partial charge in [-0.1, -0.05) is 43.0 Å². The Morgan fingerprint density at radius 2 is 1.89 bits per heavy atom. The molecule has 3 rings (SSSR count). The number of Topliss-reactive ketones (excluding diaryl/α,β-unsaturated/α-hetero) is 1. The Kier molecular flexibility index (Phi) is 7.73. The summed E-state index contributed by atoms with van der Waals surface area (Å²) >= 11 is 12.7. The number of hydrogen-bond acceptors (Lipinski definition) is 4. The van der Waals surface area contributed by atoms with Gasteiger partial charge in [-0.05, 0) is 43.2 Å². The summed E-state index contributed by atoms with van der Waals surface area (Å²) in [5.41, 5.74) is 0.884. The molecule has 1 saturated carbocycles. The van der Waals surface area contributed by atoms with Gasteiger partial charge >= 0.3 is 29.6 Å². The van der Waals surface area contributed by atoms with Crippen molar-refractivity contribution in [2.24, 2.45) is 11.3 Å². The summed E-state index contributed by atoms with van der Waals surface area (Å²) in [5, 5.41) is 0.377. The van der Waals surface area contributed by atoms with Gasteiger partial charge in [0, 0.05) is 11.0 Å². The molecule has 27 heavy (non-hydrogen) atoms. The molecular weight excluding hydrogens is 422 g/mol. The van der Waals surface area contributed by atoms with Gasteiger partial charge in [0.25, 0.3) is 10.1 Å². The first-order valence-corrected chi connectivity index (χ1v) is 11.1. The predicted molar refractivity (Wildman–Crippen MR) is 108 cm³/mol. The topological polar surface area (TPSA) is 80.7 Å². The van der Waals surface area contributed by atoms with E-state index in [1.165, 1.54) is 0 Å². The third-order valence-corrected chi connectivity index (χ3v) is 7.27. The number of benzene rings is 1. The molecule has 0 radical (unpaired) electrons. The fourth-order valence-electron chi connectivity index (χ4n) is 4.22. The molecular formula is C18H23Cl2NaO5S. The van der Waals surface area contributed by atoms with Crippen LogP contribution in [0.4, 0.5) is 0 Å². The van der Waals surface area contributed by atoms with Gasteiger partial charge in [0.15, 0.2) is 5.78 Å². The SMILES string of the molecule is CC1(C2CCCC2)Cc2cc(OCCCS(=O)(=O)O)c(Cl)c(Cl)c2C1=O.[NaH]. The van der Waals surface area contributed by atoms with Gasteiger partial charge in [-0.25, -0.2) is 0 Å². The average molecular weight is 445 g/mol. The molecule has 0 spiro atoms. The Morgan fingerprint density at radius 3 is 2.48 bits per heavy atom. The maximum absolute atomic E-state index is 13.1. The monoisotopic (exact) mass is 444 g/mol. The quantitative estimate of drug-likeness (QED) is 0.408. The molecule has 0 heterocycles. The van der Waals surface area contributed by atoms with E-state index in [9.17, 15) is 13.2 Å². The molecule has 0 amide bonds. The number of fused-ring (bicyclic) bond motifs is 1. The van der Waals surface area contributed by atoms with Crippen molar-refractivity contribution in [1.29, 1.82) is 0 Å². The van der Waals surface area contributed by atoms with Crippen molar-refractivity contribution in [3.05, 3.63) is 27.2 Å². The molecule has 5 nitrogen and oxygen atoms in total. The van der Waals surface area contributed by atoms with Crippen LogP contribution in [0.25, 0.3) is 0 Å². The molecule has 1 N–H and O–H groups in total. The minimum atomic E-state index is -4.02. The molecule has 9 heteroatoms. The number of hydrogen-bond donors (Lipinski definition) is 1. The fourth-order valence-corrected chi connectivity index (χ4v) is 5.21. The van der Waals surface area contributed by atoms with Crippen LogP contribution in [0.1, 0.15) is 54.9 Å². The van der Waals surface area contributed by atoms with E-state index in [1.54, 1.807) is 6.07 Å². The molecule has 1 unspecified atom stereocenters. The number of carbonyl (C=O) groups excluding carboxylic acids is 1. The summed E-state index contributed by atoms with van der Waals surface area (Å²) in [6.45, 7) is 2.09. The molecule has 0 aromatic heterocycles. The Morgan fingerprint density at radius 1 is 1.26 bits per heavy atom. The van der Waals surface area contributed by atoms with Crippen molar-refractivity contribution in [2.75, 3.05) is 12.4 Å². The van der Waals surface area contributed by atoms with Gasteiger partial charge in [-0.2, -0.15) is 8.42 Å². The van der Waals surface area contributed by atoms with Crippen LogP contribution in [-0.2, 0) is 16.5 Å². The molecule has 1 aromatic carbocycles. The molecule has 1 aromatic rings. The van der Waals surface area contributed by atoms with Crippen LogP contribution in [0.3, 0.4) is 0 Å². The maximum atomic E-state index is 13.1. The van der Waals surface area contributed by atoms with Crippen LogP contribution in [0.5, 0.6) is 5.75 Å². The van der Waals surface area contributed by atoms with Crippen LogP contribution >= 0.6 is 23.2 Å². The van der Waals surface area contributed by atoms with Crippen molar-refractivity contribution in [3.63, 3.8) is 0 Å². The van der Waals surface area contributed by atoms with Crippen LogP contribution in [0.15, 0.2) is 6.07 Å². The van der Waals surface area contributed by atoms with E-state index in [1.807, 2.05) is 6.92 Å². The molecule has 2 aliphatic rings. The molecule has 0 bridgehead atoms. The molecule has 146 valence electrons. The zero-order valence-corrected chi connectivity index (χ0v) is 16.9. The molecule has 1 atom stereocenters. The normalized spacial score (nSPS) is 22.6. The van der Waals surface area contributed by atoms with Gasteiger partial charge in [0.05, 0.1) is 17.4 Å². The summed E-state index contributed by atoms with van der Waals surface area (Å²) in [5.74, 6) is 0.372. The Bertz CT molecular complexity index is 837. The van der Waals surface area contributed by atoms with E-state index in [4.69, 9.17) is 32.5 Å². The van der Waals surface area contributed by atoms with Crippen molar-refractivity contribution in [1.82, 2.24) is 0 Å². The summed E-state index contributed by atoms with van der Waals surface area (Å²) in [4.78, 5) is 13.1. The first-order chi connectivity index (χ1) is 12.1. The van der Waals surface area contributed by atoms with E-state index in [2.05, 4.69) is 0 Å². The van der Waals surface area contributed by atoms with E-state index in [-0.39, 0.29) is 64.2 Å². The first kappa shape index (κ1) is 23.5. The molecule has 1 fully saturated rings. The standard InChI is InChI=1S/C18H22Cl2O5S.Na.H/c1-18(12-5-2-3-6-12)10-11-9-13(25-7-4-8-26(22,23)24)15(19)16(20)14(11)17(18)21;;/h9,12H,2-8,10H2,1H3,(H,22,23,24);;. The Balaban J connectivity index is 0.00000261. The fraction of sp³-hybridized carbons (Fsp3) is 0.611. The Hall–Kier alpha value is 0.180. The second kappa shape index (κ2) is 8.90. The van der Waals surface area contributed by atoms with E-state index >= 15 is 0 Å². The number of ether oxygens (including phenoxy) is 1. The van der Waals surface area contributed by atoms with Crippen molar-refractivity contribution < 1.29 is 22.5 Å². The van der Waals surface area contributed by atoms with Crippen molar-refractivity contribution in [3.8, 4) is 5.75 Å². The Labute approximate surface area is 192 Å². The second-order valence-corrected chi connectivity index (χ2v) is 9.76. The second-order valence-electron chi connectivity index (χ2n) is 7.43. The summed E-state index contributed by atoms with van der Waals surface area (Å²) in [6.07, 6.45) is 5.16. The van der Waals surface area contributed by atoms with Gasteiger partial charge in [-0.15, -0.1) is 0 Å². The van der Waals surface area contributed by atoms with Gasteiger partial charge in [0.1, 0.15) is 10.8 Å². The van der Waals surface area contributed by atoms with Crippen LogP contribution in [0, 0.1) is 11.3 Å². The third kappa shape index (κ3) is 4.85. The number of ketones is 1. The van der Waals surface area contributed by atoms with Crippen LogP contribution in [-0.4, -0.2) is 60.7 Å². The van der Waals surface area contributed by atoms with E-state index < -0.39 is 15.5 Å². The van der Waals surface area contributed by atoms with E-state index in [0.717, 1.165) is 31.2 Å². The number of rotatable bonds is 6. The number of halogens is 2. The zero-order valence-electron chi connectivity index (χ0n) is 14.6. The van der Waals surface area contributed by atoms with Crippen molar-refractivity contribution >= 4 is 68.7 Å². The van der Waals surface area contributed by atoms with E-state index in [0.29, 0.717) is 23.7 Å². The molecule has 2 aliphatic carbocycles. The zero-order chi connectivity index (χ0) is 19.1. The number of carbonyl (C=O) groups is 1.